The minimum absolute atomic E-state index is 0.258. The van der Waals surface area contributed by atoms with E-state index in [0.717, 1.165) is 109 Å². The number of hydrogen-bond donors (Lipinski definition) is 0. The summed E-state index contributed by atoms with van der Waals surface area (Å²) in [6, 6.07) is 110. The van der Waals surface area contributed by atoms with Gasteiger partial charge in [-0.2, -0.15) is 0 Å². The predicted molar refractivity (Wildman–Crippen MR) is 480 cm³/mol. The van der Waals surface area contributed by atoms with Crippen LogP contribution in [0, 0.1) is 20.8 Å². The van der Waals surface area contributed by atoms with Crippen LogP contribution in [-0.2, 0) is 35.3 Å². The molecule has 0 aliphatic carbocycles. The van der Waals surface area contributed by atoms with Crippen LogP contribution >= 0.6 is 0 Å². The third kappa shape index (κ3) is 18.5. The van der Waals surface area contributed by atoms with Crippen molar-refractivity contribution in [3.8, 4) is 34.5 Å². The monoisotopic (exact) mass is 1590 g/mol. The fraction of sp³-hybridized carbons (Fsp3) is 0.189. The van der Waals surface area contributed by atoms with Crippen LogP contribution in [0.5, 0.6) is 34.5 Å². The number of anilines is 6. The summed E-state index contributed by atoms with van der Waals surface area (Å²) in [7, 11) is 3.34. The molecule has 14 nitrogen and oxygen atoms in total. The second kappa shape index (κ2) is 36.7. The molecule has 604 valence electrons. The number of ether oxygens (including phenoxy) is 8. The molecule has 0 aliphatic heterocycles. The second-order valence-electron chi connectivity index (χ2n) is 31.1. The first-order valence-electron chi connectivity index (χ1n) is 40.5. The lowest BCUT2D eigenvalue weighted by Crippen LogP contribution is -2.25. The van der Waals surface area contributed by atoms with E-state index in [1.807, 2.05) is 84.9 Å². The van der Waals surface area contributed by atoms with Crippen molar-refractivity contribution in [2.24, 2.45) is 0 Å². The highest BCUT2D eigenvalue weighted by molar-refractivity contribution is 6.25. The molecule has 15 rings (SSSR count). The van der Waals surface area contributed by atoms with Crippen molar-refractivity contribution < 1.29 is 57.1 Å². The molecule has 0 heterocycles. The number of nitrogens with zero attached hydrogens (tertiary/aromatic N) is 2. The summed E-state index contributed by atoms with van der Waals surface area (Å²) in [5.74, 6) is 2.54. The fourth-order valence-electron chi connectivity index (χ4n) is 15.8. The lowest BCUT2D eigenvalue weighted by atomic mass is 9.71. The third-order valence-electron chi connectivity index (χ3n) is 22.8. The van der Waals surface area contributed by atoms with Gasteiger partial charge in [-0.25, -0.2) is 9.59 Å². The maximum Gasteiger partial charge on any atom is 0.519 e. The van der Waals surface area contributed by atoms with Gasteiger partial charge in [-0.3, -0.25) is 9.59 Å². The Kier molecular flexibility index (Phi) is 25.2. The summed E-state index contributed by atoms with van der Waals surface area (Å²) in [5.41, 5.74) is 16.9. The van der Waals surface area contributed by atoms with E-state index in [1.54, 1.807) is 50.6 Å². The Morgan fingerprint density at radius 3 is 0.950 bits per heavy atom. The van der Waals surface area contributed by atoms with Gasteiger partial charge in [0.15, 0.2) is 0 Å². The van der Waals surface area contributed by atoms with Gasteiger partial charge >= 0.3 is 24.2 Å². The number of hydrogen-bond acceptors (Lipinski definition) is 14. The van der Waals surface area contributed by atoms with Crippen LogP contribution in [0.2, 0.25) is 0 Å². The molecule has 0 saturated heterocycles. The summed E-state index contributed by atoms with van der Waals surface area (Å²) in [5, 5.41) is 7.46. The number of carbonyl (C=O) groups is 4. The number of benzene rings is 15. The van der Waals surface area contributed by atoms with Crippen molar-refractivity contribution in [1.29, 1.82) is 0 Å². The molecular weight excluding hydrogens is 1490 g/mol. The van der Waals surface area contributed by atoms with Crippen molar-refractivity contribution in [2.75, 3.05) is 37.2 Å². The van der Waals surface area contributed by atoms with Gasteiger partial charge in [0.05, 0.1) is 33.1 Å². The van der Waals surface area contributed by atoms with E-state index in [0.29, 0.717) is 36.0 Å². The average Bonchev–Trinajstić information content (AvgIpc) is 0.730. The van der Waals surface area contributed by atoms with E-state index >= 15 is 0 Å². The molecule has 0 aromatic heterocycles. The summed E-state index contributed by atoms with van der Waals surface area (Å²) >= 11 is 0. The van der Waals surface area contributed by atoms with Gasteiger partial charge in [0.2, 0.25) is 0 Å². The van der Waals surface area contributed by atoms with Crippen molar-refractivity contribution in [3.05, 3.63) is 383 Å². The number of rotatable bonds is 27. The van der Waals surface area contributed by atoms with Crippen LogP contribution in [0.25, 0.3) is 32.3 Å². The summed E-state index contributed by atoms with van der Waals surface area (Å²) in [6.07, 6.45) is 1.65. The second-order valence-corrected chi connectivity index (χ2v) is 31.1. The Hall–Kier alpha value is -14.0. The normalized spacial score (nSPS) is 12.3. The number of unbranched alkanes of at least 4 members (excludes halogenated alkanes) is 3. The topological polar surface area (TPSA) is 149 Å². The number of methoxy groups -OCH3 is 2. The predicted octanol–water partition coefficient (Wildman–Crippen LogP) is 26.3. The largest absolute Gasteiger partial charge is 0.519 e. The van der Waals surface area contributed by atoms with Crippen LogP contribution in [0.4, 0.5) is 43.7 Å². The first-order chi connectivity index (χ1) is 58.0. The van der Waals surface area contributed by atoms with Crippen molar-refractivity contribution in [1.82, 2.24) is 0 Å². The SMILES string of the molecule is COc1ccc(C(C)(c2ccc(OC(=O)OCCCCCCOC(C)=O)cc2)c2ccc(N(c3ccc(C)cc3)c3ccc4ccc5cccc6ccc3c4c56)cc2)cc1.COc1ccc(C(C)(c2ccc(OC(=O)Oc3ccc(C(C)(C)c4ccc(OC(C)=O)cc4)cc3)cc2)c2ccc(N(c3ccc(C)cc3)c3ccc(C)cc3)cc2)cc1. The zero-order valence-corrected chi connectivity index (χ0v) is 69.6. The first kappa shape index (κ1) is 82.5. The van der Waals surface area contributed by atoms with Crippen molar-refractivity contribution >= 4 is 90.7 Å². The molecule has 120 heavy (non-hydrogen) atoms. The summed E-state index contributed by atoms with van der Waals surface area (Å²) in [6.45, 7) is 18.4. The Bertz CT molecular complexity index is 5960. The number of aryl methyl sites for hydroxylation is 3. The van der Waals surface area contributed by atoms with E-state index in [4.69, 9.17) is 37.9 Å². The van der Waals surface area contributed by atoms with Gasteiger partial charge in [0.1, 0.15) is 34.5 Å². The van der Waals surface area contributed by atoms with Crippen LogP contribution in [0.3, 0.4) is 0 Å². The molecule has 2 unspecified atom stereocenters. The lowest BCUT2D eigenvalue weighted by molar-refractivity contribution is -0.141. The molecule has 14 heteroatoms. The zero-order valence-electron chi connectivity index (χ0n) is 69.6. The van der Waals surface area contributed by atoms with Crippen LogP contribution in [0.1, 0.15) is 128 Å². The van der Waals surface area contributed by atoms with E-state index in [-0.39, 0.29) is 24.0 Å². The standard InChI is InChI=1S/2C53H49NO6/c1-36-12-24-44(25-13-36)54(49-33-17-40-15-14-38-10-9-11-39-16-32-48(49)51(40)50(38)39)45-26-18-41(19-27-45)53(3,42-20-28-46(57-4)29-21-42)43-22-30-47(31-23-43)60-52(56)59-35-8-6-5-7-34-58-37(2)55;1-36-8-22-44(23-9-36)54(45-24-10-37(2)11-25-45)46-26-12-41(13-27-46)53(6,42-18-28-47(57-7)29-19-42)43-20-34-50(35-21-43)60-51(56)59-49-32-16-40(17-33-49)52(4,5)39-14-30-48(31-15-39)58-38(3)55/h9-33H,5-8,34-35H2,1-4H3;8-35H,1-7H3. The van der Waals surface area contributed by atoms with Gasteiger partial charge in [0, 0.05) is 63.9 Å². The smallest absolute Gasteiger partial charge is 0.497 e. The molecule has 0 radical (unpaired) electrons. The Balaban J connectivity index is 0.000000197. The Labute approximate surface area is 702 Å². The highest BCUT2D eigenvalue weighted by Crippen LogP contribution is 2.48. The molecule has 15 aromatic carbocycles. The third-order valence-corrected chi connectivity index (χ3v) is 22.8. The Morgan fingerprint density at radius 1 is 0.283 bits per heavy atom. The van der Waals surface area contributed by atoms with Gasteiger partial charge in [-0.15, -0.1) is 0 Å². The molecular formula is C106H98N2O12. The maximum absolute atomic E-state index is 13.0. The average molecular weight is 1590 g/mol. The molecule has 0 spiro atoms. The van der Waals surface area contributed by atoms with Gasteiger partial charge in [-0.1, -0.05) is 213 Å². The van der Waals surface area contributed by atoms with Crippen LogP contribution in [-0.4, -0.2) is 51.7 Å². The number of esters is 2. The fourth-order valence-corrected chi connectivity index (χ4v) is 15.8. The van der Waals surface area contributed by atoms with Crippen LogP contribution in [0.15, 0.2) is 322 Å². The maximum atomic E-state index is 13.0. The molecule has 0 saturated carbocycles. The van der Waals surface area contributed by atoms with E-state index in [1.165, 1.54) is 62.9 Å². The summed E-state index contributed by atoms with van der Waals surface area (Å²) in [4.78, 5) is 52.4. The number of carbonyl (C=O) groups excluding carboxylic acids is 4. The quantitative estimate of drug-likeness (QED) is 0.0120. The van der Waals surface area contributed by atoms with Crippen LogP contribution < -0.4 is 38.2 Å². The van der Waals surface area contributed by atoms with Gasteiger partial charge in [0.25, 0.3) is 0 Å². The lowest BCUT2D eigenvalue weighted by Gasteiger charge is -2.33. The first-order valence-corrected chi connectivity index (χ1v) is 40.5. The molecule has 0 amide bonds. The molecule has 0 bridgehead atoms. The molecule has 2 atom stereocenters. The minimum atomic E-state index is -0.837. The van der Waals surface area contributed by atoms with E-state index in [2.05, 4.69) is 258 Å². The molecule has 0 fully saturated rings. The molecule has 0 aliphatic rings. The van der Waals surface area contributed by atoms with Crippen molar-refractivity contribution in [2.45, 2.75) is 104 Å². The minimum Gasteiger partial charge on any atom is -0.497 e. The highest BCUT2D eigenvalue weighted by atomic mass is 16.7. The molecule has 15 aromatic rings. The van der Waals surface area contributed by atoms with E-state index in [9.17, 15) is 19.2 Å². The zero-order chi connectivity index (χ0) is 84.1. The Morgan fingerprint density at radius 2 is 0.583 bits per heavy atom. The van der Waals surface area contributed by atoms with Crippen molar-refractivity contribution in [3.63, 3.8) is 0 Å². The summed E-state index contributed by atoms with van der Waals surface area (Å²) < 4.78 is 43.3. The van der Waals surface area contributed by atoms with E-state index < -0.39 is 23.1 Å². The molecule has 0 N–H and O–H groups in total. The van der Waals surface area contributed by atoms with Gasteiger partial charge in [-0.05, 0) is 271 Å². The highest BCUT2D eigenvalue weighted by Gasteiger charge is 2.35. The van der Waals surface area contributed by atoms with Gasteiger partial charge < -0.3 is 47.7 Å².